The first-order valence-corrected chi connectivity index (χ1v) is 4.24. The highest BCUT2D eigenvalue weighted by atomic mass is 19.4. The first-order chi connectivity index (χ1) is 6.80. The van der Waals surface area contributed by atoms with E-state index >= 15 is 0 Å². The molecular weight excluding hydrogens is 211 g/mol. The van der Waals surface area contributed by atoms with Gasteiger partial charge in [0, 0.05) is 18.8 Å². The van der Waals surface area contributed by atoms with Crippen LogP contribution in [0.25, 0.3) is 0 Å². The monoisotopic (exact) mass is 225 g/mol. The average molecular weight is 225 g/mol. The molecule has 0 saturated heterocycles. The van der Waals surface area contributed by atoms with E-state index in [0.29, 0.717) is 13.1 Å². The molecule has 0 aliphatic carbocycles. The zero-order chi connectivity index (χ0) is 12.6. The Morgan fingerprint density at radius 3 is 1.93 bits per heavy atom. The molecule has 0 spiro atoms. The van der Waals surface area contributed by atoms with Crippen molar-refractivity contribution in [3.8, 4) is 0 Å². The Labute approximate surface area is 86.3 Å². The molecule has 1 N–H and O–H groups in total. The van der Waals surface area contributed by atoms with E-state index in [-0.39, 0.29) is 0 Å². The SMILES string of the molecule is CC.CN=C/C(C(=O)O)=C(\C)C(F)(F)F. The molecule has 0 aromatic carbocycles. The van der Waals surface area contributed by atoms with Crippen LogP contribution in [0.5, 0.6) is 0 Å². The number of hydrogen-bond acceptors (Lipinski definition) is 2. The predicted octanol–water partition coefficient (Wildman–Crippen LogP) is 2.68. The van der Waals surface area contributed by atoms with Gasteiger partial charge in [0.15, 0.2) is 0 Å². The Balaban J connectivity index is 0. The van der Waals surface area contributed by atoms with Crippen molar-refractivity contribution in [2.24, 2.45) is 4.99 Å². The maximum Gasteiger partial charge on any atom is 0.413 e. The molecule has 0 atom stereocenters. The van der Waals surface area contributed by atoms with Crippen LogP contribution in [0.2, 0.25) is 0 Å². The zero-order valence-corrected chi connectivity index (χ0v) is 9.01. The van der Waals surface area contributed by atoms with Crippen molar-refractivity contribution < 1.29 is 23.1 Å². The van der Waals surface area contributed by atoms with Crippen LogP contribution in [0, 0.1) is 0 Å². The van der Waals surface area contributed by atoms with Crippen LogP contribution < -0.4 is 0 Å². The summed E-state index contributed by atoms with van der Waals surface area (Å²) in [7, 11) is 1.20. The molecule has 6 heteroatoms. The minimum atomic E-state index is -4.63. The second kappa shape index (κ2) is 7.03. The average Bonchev–Trinajstić information content (AvgIpc) is 2.14. The highest BCUT2D eigenvalue weighted by Crippen LogP contribution is 2.27. The number of rotatable bonds is 2. The molecule has 0 amide bonds. The lowest BCUT2D eigenvalue weighted by molar-refractivity contribution is -0.133. The molecule has 15 heavy (non-hydrogen) atoms. The highest BCUT2D eigenvalue weighted by molar-refractivity contribution is 6.09. The number of allylic oxidation sites excluding steroid dienone is 1. The molecular formula is C9H14F3NO2. The number of carboxylic acids is 1. The largest absolute Gasteiger partial charge is 0.478 e. The van der Waals surface area contributed by atoms with Gasteiger partial charge in [-0.05, 0) is 6.92 Å². The molecule has 0 radical (unpaired) electrons. The molecule has 0 aliphatic heterocycles. The standard InChI is InChI=1S/C7H8F3NO2.C2H6/c1-4(7(8,9)10)5(3-11-2)6(12)13;1-2/h3H,1-2H3,(H,12,13);1-2H3/b5-4-,11-3?;. The number of carbonyl (C=O) groups is 1. The fourth-order valence-electron chi connectivity index (χ4n) is 0.594. The quantitative estimate of drug-likeness (QED) is 0.580. The summed E-state index contributed by atoms with van der Waals surface area (Å²) in [5.74, 6) is -1.64. The normalized spacial score (nSPS) is 13.0. The molecule has 0 rings (SSSR count). The molecule has 0 aliphatic rings. The Morgan fingerprint density at radius 2 is 1.73 bits per heavy atom. The van der Waals surface area contributed by atoms with Crippen molar-refractivity contribution in [3.63, 3.8) is 0 Å². The minimum Gasteiger partial charge on any atom is -0.478 e. The van der Waals surface area contributed by atoms with E-state index in [1.165, 1.54) is 7.05 Å². The summed E-state index contributed by atoms with van der Waals surface area (Å²) in [6, 6.07) is 0. The second-order valence-electron chi connectivity index (χ2n) is 2.23. The van der Waals surface area contributed by atoms with Gasteiger partial charge in [-0.1, -0.05) is 13.8 Å². The number of halogens is 3. The van der Waals surface area contributed by atoms with Crippen LogP contribution in [0.1, 0.15) is 20.8 Å². The minimum absolute atomic E-state index is 0.672. The number of aliphatic imine (C=N–C) groups is 1. The van der Waals surface area contributed by atoms with E-state index in [0.717, 1.165) is 0 Å². The van der Waals surface area contributed by atoms with Gasteiger partial charge in [-0.2, -0.15) is 13.2 Å². The second-order valence-corrected chi connectivity index (χ2v) is 2.23. The Kier molecular flexibility index (Phi) is 7.55. The topological polar surface area (TPSA) is 49.7 Å². The van der Waals surface area contributed by atoms with Crippen molar-refractivity contribution >= 4 is 12.2 Å². The molecule has 88 valence electrons. The summed E-state index contributed by atoms with van der Waals surface area (Å²) in [5.41, 5.74) is -2.00. The Hall–Kier alpha value is -1.33. The third-order valence-corrected chi connectivity index (χ3v) is 1.32. The summed E-state index contributed by atoms with van der Waals surface area (Å²) in [6.45, 7) is 4.70. The van der Waals surface area contributed by atoms with E-state index in [1.54, 1.807) is 0 Å². The van der Waals surface area contributed by atoms with Crippen LogP contribution >= 0.6 is 0 Å². The van der Waals surface area contributed by atoms with Crippen LogP contribution in [-0.2, 0) is 4.79 Å². The van der Waals surface area contributed by atoms with Crippen molar-refractivity contribution in [1.82, 2.24) is 0 Å². The molecule has 0 aromatic rings. The number of alkyl halides is 3. The van der Waals surface area contributed by atoms with E-state index in [2.05, 4.69) is 4.99 Å². The first kappa shape index (κ1) is 16.1. The summed E-state index contributed by atoms with van der Waals surface area (Å²) in [5, 5.41) is 8.39. The van der Waals surface area contributed by atoms with Gasteiger partial charge >= 0.3 is 12.1 Å². The summed E-state index contributed by atoms with van der Waals surface area (Å²) >= 11 is 0. The van der Waals surface area contributed by atoms with Gasteiger partial charge in [-0.3, -0.25) is 4.99 Å². The zero-order valence-electron chi connectivity index (χ0n) is 9.01. The lowest BCUT2D eigenvalue weighted by Gasteiger charge is -2.07. The van der Waals surface area contributed by atoms with Crippen LogP contribution in [0.4, 0.5) is 13.2 Å². The fraction of sp³-hybridized carbons (Fsp3) is 0.556. The number of aliphatic carboxylic acids is 1. The Morgan fingerprint density at radius 1 is 1.33 bits per heavy atom. The van der Waals surface area contributed by atoms with Gasteiger partial charge in [0.25, 0.3) is 0 Å². The van der Waals surface area contributed by atoms with Gasteiger partial charge in [0.05, 0.1) is 5.57 Å². The third kappa shape index (κ3) is 5.87. The lowest BCUT2D eigenvalue weighted by atomic mass is 10.1. The molecule has 0 bridgehead atoms. The fourth-order valence-corrected chi connectivity index (χ4v) is 0.594. The lowest BCUT2D eigenvalue weighted by Crippen LogP contribution is -2.16. The summed E-state index contributed by atoms with van der Waals surface area (Å²) in [4.78, 5) is 13.6. The van der Waals surface area contributed by atoms with Crippen molar-refractivity contribution in [1.29, 1.82) is 0 Å². The van der Waals surface area contributed by atoms with Crippen molar-refractivity contribution in [3.05, 3.63) is 11.1 Å². The summed E-state index contributed by atoms with van der Waals surface area (Å²) in [6.07, 6.45) is -3.96. The van der Waals surface area contributed by atoms with Gasteiger partial charge in [-0.15, -0.1) is 0 Å². The van der Waals surface area contributed by atoms with Gasteiger partial charge in [0.2, 0.25) is 0 Å². The van der Waals surface area contributed by atoms with Gasteiger partial charge < -0.3 is 5.11 Å². The highest BCUT2D eigenvalue weighted by Gasteiger charge is 2.34. The summed E-state index contributed by atoms with van der Waals surface area (Å²) < 4.78 is 36.0. The molecule has 0 aromatic heterocycles. The van der Waals surface area contributed by atoms with Gasteiger partial charge in [-0.25, -0.2) is 4.79 Å². The maximum absolute atomic E-state index is 12.0. The number of nitrogens with zero attached hydrogens (tertiary/aromatic N) is 1. The third-order valence-electron chi connectivity index (χ3n) is 1.32. The van der Waals surface area contributed by atoms with Crippen molar-refractivity contribution in [2.75, 3.05) is 7.05 Å². The first-order valence-electron chi connectivity index (χ1n) is 4.24. The smallest absolute Gasteiger partial charge is 0.413 e. The number of hydrogen-bond donors (Lipinski definition) is 1. The van der Waals surface area contributed by atoms with E-state index < -0.39 is 23.3 Å². The Bertz CT molecular complexity index is 267. The van der Waals surface area contributed by atoms with Gasteiger partial charge in [0.1, 0.15) is 0 Å². The van der Waals surface area contributed by atoms with E-state index in [1.807, 2.05) is 13.8 Å². The molecule has 0 heterocycles. The molecule has 0 saturated carbocycles. The molecule has 0 fully saturated rings. The van der Waals surface area contributed by atoms with Crippen LogP contribution in [0.3, 0.4) is 0 Å². The maximum atomic E-state index is 12.0. The molecule has 0 unspecified atom stereocenters. The van der Waals surface area contributed by atoms with Crippen LogP contribution in [-0.4, -0.2) is 30.5 Å². The van der Waals surface area contributed by atoms with Crippen LogP contribution in [0.15, 0.2) is 16.1 Å². The molecule has 3 nitrogen and oxygen atoms in total. The van der Waals surface area contributed by atoms with Crippen molar-refractivity contribution in [2.45, 2.75) is 26.9 Å². The van der Waals surface area contributed by atoms with E-state index in [9.17, 15) is 18.0 Å². The van der Waals surface area contributed by atoms with E-state index in [4.69, 9.17) is 5.11 Å². The predicted molar refractivity (Wildman–Crippen MR) is 52.2 cm³/mol. The number of carboxylic acid groups (broad SMARTS) is 1.